The molecule has 0 saturated heterocycles. The summed E-state index contributed by atoms with van der Waals surface area (Å²) < 4.78 is 12.0. The van der Waals surface area contributed by atoms with E-state index < -0.39 is 5.91 Å². The van der Waals surface area contributed by atoms with Gasteiger partial charge in [-0.15, -0.1) is 0 Å². The minimum absolute atomic E-state index is 0.0272. The third-order valence-corrected chi connectivity index (χ3v) is 6.46. The van der Waals surface area contributed by atoms with Gasteiger partial charge in [-0.3, -0.25) is 4.79 Å². The van der Waals surface area contributed by atoms with E-state index in [1.54, 1.807) is 30.3 Å². The third kappa shape index (κ3) is 6.56. The molecule has 5 heteroatoms. The van der Waals surface area contributed by atoms with Crippen molar-refractivity contribution in [1.82, 2.24) is 0 Å². The molecule has 0 fully saturated rings. The van der Waals surface area contributed by atoms with Gasteiger partial charge in [0.25, 0.3) is 5.91 Å². The highest BCUT2D eigenvalue weighted by atomic mass is 16.5. The quantitative estimate of drug-likeness (QED) is 0.157. The number of nitriles is 1. The van der Waals surface area contributed by atoms with Gasteiger partial charge in [-0.1, -0.05) is 90.5 Å². The van der Waals surface area contributed by atoms with Gasteiger partial charge < -0.3 is 14.8 Å². The van der Waals surface area contributed by atoms with Crippen LogP contribution in [-0.2, 0) is 18.0 Å². The van der Waals surface area contributed by atoms with Crippen molar-refractivity contribution in [1.29, 1.82) is 5.26 Å². The maximum Gasteiger partial charge on any atom is 0.266 e. The number of nitrogens with zero attached hydrogens (tertiary/aromatic N) is 1. The number of amides is 1. The Morgan fingerprint density at radius 2 is 1.45 bits per heavy atom. The number of hydrogen-bond acceptors (Lipinski definition) is 4. The lowest BCUT2D eigenvalue weighted by atomic mass is 10.0. The molecule has 1 N–H and O–H groups in total. The summed E-state index contributed by atoms with van der Waals surface area (Å²) in [5.41, 5.74) is 4.52. The van der Waals surface area contributed by atoms with Crippen LogP contribution in [0.2, 0.25) is 0 Å². The predicted octanol–water partition coefficient (Wildman–Crippen LogP) is 7.85. The maximum atomic E-state index is 13.1. The topological polar surface area (TPSA) is 71.3 Å². The van der Waals surface area contributed by atoms with Gasteiger partial charge in [0.15, 0.2) is 0 Å². The van der Waals surface area contributed by atoms with Crippen LogP contribution < -0.4 is 14.8 Å². The summed E-state index contributed by atoms with van der Waals surface area (Å²) in [5, 5.41) is 14.6. The Labute approximate surface area is 233 Å². The lowest BCUT2D eigenvalue weighted by molar-refractivity contribution is -0.112. The fraction of sp³-hybridized carbons (Fsp3) is 0.0857. The number of aryl methyl sites for hydroxylation is 1. The molecule has 0 bridgehead atoms. The van der Waals surface area contributed by atoms with E-state index in [0.717, 1.165) is 21.9 Å². The number of carbonyl (C=O) groups excluding carboxylic acids is 1. The number of fused-ring (bicyclic) bond motifs is 1. The molecule has 0 radical (unpaired) electrons. The molecular formula is C35H28N2O3. The fourth-order valence-corrected chi connectivity index (χ4v) is 4.26. The first kappa shape index (κ1) is 26.3. The highest BCUT2D eigenvalue weighted by Crippen LogP contribution is 2.31. The number of ether oxygens (including phenoxy) is 2. The molecule has 0 spiro atoms. The van der Waals surface area contributed by atoms with Gasteiger partial charge in [-0.2, -0.15) is 5.26 Å². The molecule has 0 heterocycles. The predicted molar refractivity (Wildman–Crippen MR) is 159 cm³/mol. The summed E-state index contributed by atoms with van der Waals surface area (Å²) >= 11 is 0. The largest absolute Gasteiger partial charge is 0.489 e. The molecule has 5 aromatic rings. The van der Waals surface area contributed by atoms with Gasteiger partial charge >= 0.3 is 0 Å². The zero-order valence-corrected chi connectivity index (χ0v) is 22.1. The minimum Gasteiger partial charge on any atom is -0.489 e. The smallest absolute Gasteiger partial charge is 0.266 e. The number of hydrogen-bond donors (Lipinski definition) is 1. The van der Waals surface area contributed by atoms with Crippen molar-refractivity contribution < 1.29 is 14.3 Å². The number of carbonyl (C=O) groups is 1. The fourth-order valence-electron chi connectivity index (χ4n) is 4.26. The number of benzene rings is 5. The van der Waals surface area contributed by atoms with Crippen molar-refractivity contribution in [2.75, 3.05) is 5.32 Å². The Bertz CT molecular complexity index is 1680. The summed E-state index contributed by atoms with van der Waals surface area (Å²) in [4.78, 5) is 13.1. The van der Waals surface area contributed by atoms with Crippen molar-refractivity contribution in [3.63, 3.8) is 0 Å². The van der Waals surface area contributed by atoms with Crippen LogP contribution >= 0.6 is 0 Å². The first-order chi connectivity index (χ1) is 19.6. The van der Waals surface area contributed by atoms with Crippen molar-refractivity contribution in [2.45, 2.75) is 20.1 Å². The standard InChI is InChI=1S/C35H28N2O3/c1-25-11-13-27(14-12-25)23-39-31-18-16-30(17-19-31)37-35(38)29(22-36)21-33-32-10-6-5-9-28(32)15-20-34(33)40-24-26-7-3-2-4-8-26/h2-21H,23-24H2,1H3,(H,37,38)/b29-21+. The first-order valence-electron chi connectivity index (χ1n) is 13.0. The van der Waals surface area contributed by atoms with Crippen molar-refractivity contribution in [3.05, 3.63) is 143 Å². The third-order valence-electron chi connectivity index (χ3n) is 6.46. The van der Waals surface area contributed by atoms with Gasteiger partial charge in [0.05, 0.1) is 0 Å². The van der Waals surface area contributed by atoms with Crippen molar-refractivity contribution in [2.24, 2.45) is 0 Å². The molecule has 0 aliphatic rings. The normalized spacial score (nSPS) is 11.1. The average molecular weight is 525 g/mol. The van der Waals surface area contributed by atoms with E-state index >= 15 is 0 Å². The molecule has 5 nitrogen and oxygen atoms in total. The molecule has 196 valence electrons. The second kappa shape index (κ2) is 12.5. The Hall–Kier alpha value is -5.34. The van der Waals surface area contributed by atoms with E-state index in [4.69, 9.17) is 9.47 Å². The highest BCUT2D eigenvalue weighted by molar-refractivity contribution is 6.11. The lowest BCUT2D eigenvalue weighted by Crippen LogP contribution is -2.13. The van der Waals surface area contributed by atoms with E-state index in [2.05, 4.69) is 11.4 Å². The van der Waals surface area contributed by atoms with E-state index in [1.807, 2.05) is 97.9 Å². The summed E-state index contributed by atoms with van der Waals surface area (Å²) in [5.74, 6) is 0.779. The molecule has 5 aromatic carbocycles. The van der Waals surface area contributed by atoms with Crippen LogP contribution in [0.3, 0.4) is 0 Å². The van der Waals surface area contributed by atoms with Crippen LogP contribution in [-0.4, -0.2) is 5.91 Å². The van der Waals surface area contributed by atoms with Gasteiger partial charge in [0, 0.05) is 11.3 Å². The van der Waals surface area contributed by atoms with Crippen LogP contribution in [0.5, 0.6) is 11.5 Å². The number of nitrogens with one attached hydrogen (secondary N) is 1. The molecule has 0 atom stereocenters. The van der Waals surface area contributed by atoms with E-state index in [-0.39, 0.29) is 5.57 Å². The van der Waals surface area contributed by atoms with Crippen LogP contribution in [0, 0.1) is 18.3 Å². The molecule has 0 saturated carbocycles. The van der Waals surface area contributed by atoms with Gasteiger partial charge in [0.1, 0.15) is 36.4 Å². The van der Waals surface area contributed by atoms with E-state index in [0.29, 0.717) is 36.0 Å². The van der Waals surface area contributed by atoms with E-state index in [9.17, 15) is 10.1 Å². The average Bonchev–Trinajstić information content (AvgIpc) is 3.00. The molecule has 0 unspecified atom stereocenters. The monoisotopic (exact) mass is 524 g/mol. The van der Waals surface area contributed by atoms with Crippen molar-refractivity contribution >= 4 is 28.4 Å². The number of rotatable bonds is 9. The van der Waals surface area contributed by atoms with Gasteiger partial charge in [-0.25, -0.2) is 0 Å². The molecule has 0 aliphatic carbocycles. The van der Waals surface area contributed by atoms with Gasteiger partial charge in [-0.05, 0) is 65.2 Å². The maximum absolute atomic E-state index is 13.1. The van der Waals surface area contributed by atoms with Crippen LogP contribution in [0.15, 0.2) is 121 Å². The van der Waals surface area contributed by atoms with Crippen LogP contribution in [0.4, 0.5) is 5.69 Å². The first-order valence-corrected chi connectivity index (χ1v) is 13.0. The molecule has 5 rings (SSSR count). The molecular weight excluding hydrogens is 496 g/mol. The summed E-state index contributed by atoms with van der Waals surface area (Å²) in [6.07, 6.45) is 1.59. The summed E-state index contributed by atoms with van der Waals surface area (Å²) in [6, 6.07) is 38.8. The molecule has 1 amide bonds. The highest BCUT2D eigenvalue weighted by Gasteiger charge is 2.14. The molecule has 40 heavy (non-hydrogen) atoms. The second-order valence-electron chi connectivity index (χ2n) is 9.40. The van der Waals surface area contributed by atoms with Crippen LogP contribution in [0.25, 0.3) is 16.8 Å². The van der Waals surface area contributed by atoms with Gasteiger partial charge in [0.2, 0.25) is 0 Å². The molecule has 0 aliphatic heterocycles. The zero-order chi connectivity index (χ0) is 27.7. The lowest BCUT2D eigenvalue weighted by Gasteiger charge is -2.13. The van der Waals surface area contributed by atoms with Crippen molar-refractivity contribution in [3.8, 4) is 17.6 Å². The Kier molecular flexibility index (Phi) is 8.19. The SMILES string of the molecule is Cc1ccc(COc2ccc(NC(=O)/C(C#N)=C/c3c(OCc4ccccc4)ccc4ccccc34)cc2)cc1. The Morgan fingerprint density at radius 1 is 0.775 bits per heavy atom. The summed E-state index contributed by atoms with van der Waals surface area (Å²) in [6.45, 7) is 2.87. The summed E-state index contributed by atoms with van der Waals surface area (Å²) in [7, 11) is 0. The second-order valence-corrected chi connectivity index (χ2v) is 9.40. The van der Waals surface area contributed by atoms with Crippen LogP contribution in [0.1, 0.15) is 22.3 Å². The Morgan fingerprint density at radius 3 is 2.20 bits per heavy atom. The zero-order valence-electron chi connectivity index (χ0n) is 22.1. The van der Waals surface area contributed by atoms with E-state index in [1.165, 1.54) is 5.56 Å². The minimum atomic E-state index is -0.502. The Balaban J connectivity index is 1.33. The molecule has 0 aromatic heterocycles. The number of anilines is 1.